The van der Waals surface area contributed by atoms with Crippen molar-refractivity contribution in [2.24, 2.45) is 10.7 Å². The number of nitrogens with zero attached hydrogens (tertiary/aromatic N) is 3. The molecular weight excluding hydrogens is 457 g/mol. The molecule has 0 fully saturated rings. The molecule has 7 nitrogen and oxygen atoms in total. The highest BCUT2D eigenvalue weighted by Gasteiger charge is 2.35. The lowest BCUT2D eigenvalue weighted by molar-refractivity contribution is -0.138. The number of thioether (sulfide) groups is 1. The van der Waals surface area contributed by atoms with Crippen LogP contribution in [0.1, 0.15) is 16.7 Å². The largest absolute Gasteiger partial charge is 0.493 e. The fourth-order valence-corrected chi connectivity index (χ4v) is 3.79. The van der Waals surface area contributed by atoms with Gasteiger partial charge in [0.1, 0.15) is 5.75 Å². The second kappa shape index (κ2) is 9.97. The second-order valence-corrected chi connectivity index (χ2v) is 7.86. The normalized spacial score (nSPS) is 14.8. The number of carbonyl (C=O) groups is 1. The topological polar surface area (TPSA) is 101 Å². The average molecular weight is 476 g/mol. The van der Waals surface area contributed by atoms with Crippen LogP contribution in [-0.4, -0.2) is 43.2 Å². The van der Waals surface area contributed by atoms with E-state index in [2.05, 4.69) is 4.99 Å². The maximum Gasteiger partial charge on any atom is 0.420 e. The number of nitriles is 1. The summed E-state index contributed by atoms with van der Waals surface area (Å²) in [5.41, 5.74) is 4.89. The van der Waals surface area contributed by atoms with Gasteiger partial charge in [-0.05, 0) is 53.7 Å². The Morgan fingerprint density at radius 3 is 2.58 bits per heavy atom. The lowest BCUT2D eigenvalue weighted by Gasteiger charge is -2.16. The second-order valence-electron chi connectivity index (χ2n) is 6.85. The zero-order chi connectivity index (χ0) is 24.2. The number of aliphatic imine (C=N–C) groups is 1. The number of hydrogen-bond donors (Lipinski definition) is 1. The molecule has 2 N–H and O–H groups in total. The number of hydrogen-bond acceptors (Lipinski definition) is 7. The molecule has 0 saturated heterocycles. The molecule has 0 aromatic heterocycles. The van der Waals surface area contributed by atoms with E-state index in [1.807, 2.05) is 0 Å². The van der Waals surface area contributed by atoms with Gasteiger partial charge in [0.25, 0.3) is 5.91 Å². The summed E-state index contributed by atoms with van der Waals surface area (Å²) in [5, 5.41) is 9.44. The van der Waals surface area contributed by atoms with Crippen LogP contribution in [0.3, 0.4) is 0 Å². The summed E-state index contributed by atoms with van der Waals surface area (Å²) in [6.07, 6.45) is -3.11. The fraction of sp³-hybridized carbons (Fsp3) is 0.227. The number of nitrogens with two attached hydrogens (primary N) is 1. The van der Waals surface area contributed by atoms with Crippen molar-refractivity contribution in [1.29, 1.82) is 5.26 Å². The number of rotatable bonds is 6. The molecule has 0 aliphatic carbocycles. The van der Waals surface area contributed by atoms with Crippen LogP contribution in [0.15, 0.2) is 46.3 Å². The van der Waals surface area contributed by atoms with Gasteiger partial charge in [0.15, 0.2) is 16.7 Å². The summed E-state index contributed by atoms with van der Waals surface area (Å²) in [7, 11) is 3.13. The molecule has 1 aliphatic rings. The lowest BCUT2D eigenvalue weighted by Crippen LogP contribution is -2.28. The molecule has 0 spiro atoms. The van der Waals surface area contributed by atoms with E-state index in [0.29, 0.717) is 28.7 Å². The number of methoxy groups -OCH3 is 1. The highest BCUT2D eigenvalue weighted by atomic mass is 32.2. The zero-order valence-corrected chi connectivity index (χ0v) is 18.5. The van der Waals surface area contributed by atoms with Gasteiger partial charge in [-0.2, -0.15) is 23.4 Å². The Labute approximate surface area is 192 Å². The molecule has 1 heterocycles. The van der Waals surface area contributed by atoms with Gasteiger partial charge in [0, 0.05) is 20.1 Å². The Hall–Kier alpha value is -3.49. The van der Waals surface area contributed by atoms with Crippen molar-refractivity contribution >= 4 is 28.9 Å². The average Bonchev–Trinajstić information content (AvgIpc) is 3.14. The number of carbonyl (C=O) groups excluding carboxylic acids is 1. The number of likely N-dealkylation sites (N-methyl/N-ethyl adjacent to an activating group) is 1. The van der Waals surface area contributed by atoms with E-state index in [9.17, 15) is 18.0 Å². The van der Waals surface area contributed by atoms with Crippen LogP contribution >= 0.6 is 11.8 Å². The minimum absolute atomic E-state index is 0.0416. The molecule has 1 aliphatic heterocycles. The zero-order valence-electron chi connectivity index (χ0n) is 17.6. The van der Waals surface area contributed by atoms with E-state index >= 15 is 0 Å². The minimum atomic E-state index is -4.71. The summed E-state index contributed by atoms with van der Waals surface area (Å²) in [6, 6.07) is 9.28. The van der Waals surface area contributed by atoms with Gasteiger partial charge in [-0.3, -0.25) is 4.79 Å². The van der Waals surface area contributed by atoms with Gasteiger partial charge in [-0.1, -0.05) is 6.07 Å². The first-order valence-corrected chi connectivity index (χ1v) is 10.4. The van der Waals surface area contributed by atoms with Gasteiger partial charge in [0.05, 0.1) is 29.2 Å². The number of benzene rings is 2. The van der Waals surface area contributed by atoms with E-state index in [1.165, 1.54) is 37.1 Å². The molecule has 0 atom stereocenters. The Morgan fingerprint density at radius 2 is 1.94 bits per heavy atom. The maximum atomic E-state index is 13.4. The quantitative estimate of drug-likeness (QED) is 0.623. The Balaban J connectivity index is 1.87. The molecule has 0 saturated carbocycles. The first-order chi connectivity index (χ1) is 15.7. The smallest absolute Gasteiger partial charge is 0.420 e. The van der Waals surface area contributed by atoms with Gasteiger partial charge in [-0.25, -0.2) is 0 Å². The highest BCUT2D eigenvalue weighted by Crippen LogP contribution is 2.41. The molecule has 172 valence electrons. The summed E-state index contributed by atoms with van der Waals surface area (Å²) in [6.45, 7) is 0.957. The summed E-state index contributed by atoms with van der Waals surface area (Å²) in [4.78, 5) is 18.4. The van der Waals surface area contributed by atoms with E-state index < -0.39 is 23.4 Å². The molecule has 2 aromatic carbocycles. The van der Waals surface area contributed by atoms with Crippen molar-refractivity contribution in [2.45, 2.75) is 6.18 Å². The Kier molecular flexibility index (Phi) is 7.30. The van der Waals surface area contributed by atoms with Crippen molar-refractivity contribution in [3.8, 4) is 23.3 Å². The Bertz CT molecular complexity index is 1170. The van der Waals surface area contributed by atoms with E-state index in [-0.39, 0.29) is 17.1 Å². The van der Waals surface area contributed by atoms with Gasteiger partial charge in [-0.15, -0.1) is 0 Å². The van der Waals surface area contributed by atoms with Crippen LogP contribution in [0.5, 0.6) is 17.2 Å². The van der Waals surface area contributed by atoms with E-state index in [0.717, 1.165) is 12.1 Å². The third-order valence-corrected chi connectivity index (χ3v) is 5.62. The molecule has 0 bridgehead atoms. The van der Waals surface area contributed by atoms with Crippen LogP contribution in [0.4, 0.5) is 13.2 Å². The van der Waals surface area contributed by atoms with Crippen molar-refractivity contribution < 1.29 is 27.4 Å². The standard InChI is InChI=1S/C22H19F3N4O3S/c1-29(8-7-26)21-28-20(30)19(33-21)11-13-3-6-17(18(10-13)31-2)32-16-5-4-14(12-27)9-15(16)22(23,24)25/h3-6,9-11H,7-8,26H2,1-2H3. The molecular formula is C22H19F3N4O3S. The molecule has 33 heavy (non-hydrogen) atoms. The van der Waals surface area contributed by atoms with Crippen molar-refractivity contribution in [3.05, 3.63) is 58.0 Å². The third kappa shape index (κ3) is 5.66. The SMILES string of the molecule is COc1cc(C=C2SC(N(C)CCN)=NC2=O)ccc1Oc1ccc(C#N)cc1C(F)(F)F. The molecule has 0 unspecified atom stereocenters. The number of alkyl halides is 3. The lowest BCUT2D eigenvalue weighted by atomic mass is 10.1. The monoisotopic (exact) mass is 476 g/mol. The molecule has 11 heteroatoms. The van der Waals surface area contributed by atoms with Gasteiger partial charge in [0.2, 0.25) is 0 Å². The van der Waals surface area contributed by atoms with Crippen molar-refractivity contribution in [3.63, 3.8) is 0 Å². The summed E-state index contributed by atoms with van der Waals surface area (Å²) < 4.78 is 51.1. The van der Waals surface area contributed by atoms with Gasteiger partial charge < -0.3 is 20.1 Å². The first kappa shape index (κ1) is 24.2. The molecule has 2 aromatic rings. The van der Waals surface area contributed by atoms with Crippen LogP contribution < -0.4 is 15.2 Å². The minimum Gasteiger partial charge on any atom is -0.493 e. The van der Waals surface area contributed by atoms with Crippen molar-refractivity contribution in [2.75, 3.05) is 27.2 Å². The Morgan fingerprint density at radius 1 is 1.21 bits per heavy atom. The maximum absolute atomic E-state index is 13.4. The summed E-state index contributed by atoms with van der Waals surface area (Å²) >= 11 is 1.20. The number of amides is 1. The molecule has 0 radical (unpaired) electrons. The number of ether oxygens (including phenoxy) is 2. The van der Waals surface area contributed by atoms with Crippen LogP contribution in [0, 0.1) is 11.3 Å². The number of halogens is 3. The van der Waals surface area contributed by atoms with E-state index in [1.54, 1.807) is 30.2 Å². The predicted molar refractivity (Wildman–Crippen MR) is 119 cm³/mol. The molecule has 1 amide bonds. The van der Waals surface area contributed by atoms with Crippen LogP contribution in [-0.2, 0) is 11.0 Å². The predicted octanol–water partition coefficient (Wildman–Crippen LogP) is 4.24. The van der Waals surface area contributed by atoms with Crippen molar-refractivity contribution in [1.82, 2.24) is 4.90 Å². The number of amidine groups is 1. The summed E-state index contributed by atoms with van der Waals surface area (Å²) in [5.74, 6) is -0.655. The van der Waals surface area contributed by atoms with Crippen LogP contribution in [0.2, 0.25) is 0 Å². The fourth-order valence-electron chi connectivity index (χ4n) is 2.89. The van der Waals surface area contributed by atoms with E-state index in [4.69, 9.17) is 20.5 Å². The van der Waals surface area contributed by atoms with Gasteiger partial charge >= 0.3 is 6.18 Å². The third-order valence-electron chi connectivity index (χ3n) is 4.52. The molecule has 3 rings (SSSR count). The highest BCUT2D eigenvalue weighted by molar-refractivity contribution is 8.18. The van der Waals surface area contributed by atoms with Crippen LogP contribution in [0.25, 0.3) is 6.08 Å². The first-order valence-electron chi connectivity index (χ1n) is 9.57.